The summed E-state index contributed by atoms with van der Waals surface area (Å²) in [7, 11) is 0. The van der Waals surface area contributed by atoms with Crippen LogP contribution in [0.2, 0.25) is 0 Å². The number of piperidine rings is 1. The monoisotopic (exact) mass is 464 g/mol. The first-order valence-electron chi connectivity index (χ1n) is 12.6. The van der Waals surface area contributed by atoms with Crippen LogP contribution in [0.5, 0.6) is 17.5 Å². The molecule has 0 unspecified atom stereocenters. The van der Waals surface area contributed by atoms with E-state index >= 15 is 0 Å². The summed E-state index contributed by atoms with van der Waals surface area (Å²) >= 11 is 0. The fourth-order valence-corrected chi connectivity index (χ4v) is 5.61. The number of aryl methyl sites for hydroxylation is 1. The molecule has 1 amide bonds. The summed E-state index contributed by atoms with van der Waals surface area (Å²) in [6.07, 6.45) is 11.7. The predicted molar refractivity (Wildman–Crippen MR) is 124 cm³/mol. The number of carbonyl (C=O) groups excluding carboxylic acids is 1. The van der Waals surface area contributed by atoms with Crippen LogP contribution in [0.1, 0.15) is 62.6 Å². The highest BCUT2D eigenvalue weighted by atomic mass is 16.6. The SMILES string of the molecule is Cc1ncccc1Oc1ncnc(OC2C[C@@H]3CC[C@@H](C2)N3C(=O)OC(C2CC2)C2CC2)c1C. The molecule has 8 nitrogen and oxygen atoms in total. The predicted octanol–water partition coefficient (Wildman–Crippen LogP) is 4.98. The fraction of sp³-hybridized carbons (Fsp3) is 0.615. The van der Waals surface area contributed by atoms with Gasteiger partial charge in [0, 0.05) is 31.1 Å². The standard InChI is InChI=1S/C26H32N4O4/c1-15-24(28-14-29-25(15)33-22-4-3-11-27-16(22)2)32-21-12-19-9-10-20(13-21)30(19)26(31)34-23(17-5-6-17)18-7-8-18/h3-4,11,14,17-21,23H,5-10,12-13H2,1-2H3/t19-,20-/m0/s1. The average molecular weight is 465 g/mol. The summed E-state index contributed by atoms with van der Waals surface area (Å²) in [6.45, 7) is 3.81. The zero-order valence-electron chi connectivity index (χ0n) is 19.9. The molecule has 4 aliphatic rings. The second-order valence-electron chi connectivity index (χ2n) is 10.3. The van der Waals surface area contributed by atoms with Crippen molar-refractivity contribution in [2.24, 2.45) is 11.8 Å². The molecule has 2 saturated heterocycles. The van der Waals surface area contributed by atoms with Crippen molar-refractivity contribution in [1.82, 2.24) is 19.9 Å². The molecule has 8 heteroatoms. The number of nitrogens with zero attached hydrogens (tertiary/aromatic N) is 4. The lowest BCUT2D eigenvalue weighted by Gasteiger charge is -2.38. The fourth-order valence-electron chi connectivity index (χ4n) is 5.61. The van der Waals surface area contributed by atoms with Gasteiger partial charge in [0.05, 0.1) is 11.3 Å². The van der Waals surface area contributed by atoms with E-state index in [0.717, 1.165) is 36.9 Å². The summed E-state index contributed by atoms with van der Waals surface area (Å²) in [5, 5.41) is 0. The van der Waals surface area contributed by atoms with E-state index in [4.69, 9.17) is 14.2 Å². The Bertz CT molecular complexity index is 1040. The number of amides is 1. The lowest BCUT2D eigenvalue weighted by molar-refractivity contribution is 0.00349. The first-order valence-corrected chi connectivity index (χ1v) is 12.6. The van der Waals surface area contributed by atoms with Gasteiger partial charge in [-0.2, -0.15) is 0 Å². The van der Waals surface area contributed by atoms with Gasteiger partial charge in [-0.25, -0.2) is 14.8 Å². The highest BCUT2D eigenvalue weighted by Gasteiger charge is 2.49. The van der Waals surface area contributed by atoms with Gasteiger partial charge in [-0.15, -0.1) is 0 Å². The molecule has 2 aromatic rings. The summed E-state index contributed by atoms with van der Waals surface area (Å²) in [4.78, 5) is 28.1. The van der Waals surface area contributed by atoms with Gasteiger partial charge < -0.3 is 19.1 Å². The zero-order valence-corrected chi connectivity index (χ0v) is 19.9. The summed E-state index contributed by atoms with van der Waals surface area (Å²) < 4.78 is 18.4. The maximum absolute atomic E-state index is 13.1. The van der Waals surface area contributed by atoms with E-state index < -0.39 is 0 Å². The molecule has 6 rings (SSSR count). The Balaban J connectivity index is 1.11. The normalized spacial score (nSPS) is 26.0. The molecule has 0 radical (unpaired) electrons. The first-order chi connectivity index (χ1) is 16.6. The Kier molecular flexibility index (Phi) is 5.54. The van der Waals surface area contributed by atoms with E-state index in [1.807, 2.05) is 30.9 Å². The Morgan fingerprint density at radius 1 is 0.971 bits per heavy atom. The molecule has 2 bridgehead atoms. The third kappa shape index (κ3) is 4.30. The van der Waals surface area contributed by atoms with E-state index in [2.05, 4.69) is 15.0 Å². The molecule has 2 aromatic heterocycles. The Morgan fingerprint density at radius 2 is 1.65 bits per heavy atom. The summed E-state index contributed by atoms with van der Waals surface area (Å²) in [5.41, 5.74) is 1.56. The van der Waals surface area contributed by atoms with Gasteiger partial charge >= 0.3 is 6.09 Å². The van der Waals surface area contributed by atoms with Crippen molar-refractivity contribution in [3.63, 3.8) is 0 Å². The number of aromatic nitrogens is 3. The number of hydrogen-bond acceptors (Lipinski definition) is 7. The largest absolute Gasteiger partial charge is 0.474 e. The van der Waals surface area contributed by atoms with Gasteiger partial charge in [0.15, 0.2) is 5.75 Å². The van der Waals surface area contributed by atoms with Crippen LogP contribution < -0.4 is 9.47 Å². The summed E-state index contributed by atoms with van der Waals surface area (Å²) in [6, 6.07) is 4.05. The Morgan fingerprint density at radius 3 is 2.29 bits per heavy atom. The number of fused-ring (bicyclic) bond motifs is 2. The average Bonchev–Trinajstić information content (AvgIpc) is 3.74. The smallest absolute Gasteiger partial charge is 0.410 e. The van der Waals surface area contributed by atoms with Crippen LogP contribution in [0.15, 0.2) is 24.7 Å². The molecule has 4 fully saturated rings. The van der Waals surface area contributed by atoms with Crippen molar-refractivity contribution in [2.75, 3.05) is 0 Å². The van der Waals surface area contributed by atoms with Crippen molar-refractivity contribution in [3.05, 3.63) is 35.9 Å². The lowest BCUT2D eigenvalue weighted by Crippen LogP contribution is -2.50. The maximum Gasteiger partial charge on any atom is 0.410 e. The first kappa shape index (κ1) is 21.6. The number of pyridine rings is 1. The number of rotatable bonds is 7. The Hall–Kier alpha value is -2.90. The molecule has 34 heavy (non-hydrogen) atoms. The van der Waals surface area contributed by atoms with Gasteiger partial charge in [0.2, 0.25) is 11.8 Å². The minimum atomic E-state index is -0.101. The minimum absolute atomic E-state index is 0.00536. The lowest BCUT2D eigenvalue weighted by atomic mass is 10.00. The van der Waals surface area contributed by atoms with E-state index in [9.17, 15) is 4.79 Å². The van der Waals surface area contributed by atoms with Crippen molar-refractivity contribution in [2.45, 2.75) is 89.5 Å². The highest BCUT2D eigenvalue weighted by molar-refractivity contribution is 5.69. The van der Waals surface area contributed by atoms with Gasteiger partial charge in [0.25, 0.3) is 0 Å². The van der Waals surface area contributed by atoms with E-state index in [-0.39, 0.29) is 30.4 Å². The van der Waals surface area contributed by atoms with E-state index in [1.54, 1.807) is 6.20 Å². The number of hydrogen-bond donors (Lipinski definition) is 0. The molecule has 2 aliphatic heterocycles. The van der Waals surface area contributed by atoms with Crippen molar-refractivity contribution >= 4 is 6.09 Å². The Labute approximate surface area is 200 Å². The zero-order chi connectivity index (χ0) is 23.2. The van der Waals surface area contributed by atoms with Gasteiger partial charge in [-0.3, -0.25) is 4.98 Å². The molecule has 2 saturated carbocycles. The quantitative estimate of drug-likeness (QED) is 0.571. The molecule has 0 N–H and O–H groups in total. The van der Waals surface area contributed by atoms with Gasteiger partial charge in [0.1, 0.15) is 18.5 Å². The molecule has 4 heterocycles. The topological polar surface area (TPSA) is 86.7 Å². The van der Waals surface area contributed by atoms with Gasteiger partial charge in [-0.1, -0.05) is 0 Å². The van der Waals surface area contributed by atoms with E-state index in [1.165, 1.54) is 32.0 Å². The maximum atomic E-state index is 13.1. The molecule has 0 spiro atoms. The van der Waals surface area contributed by atoms with Crippen molar-refractivity contribution in [3.8, 4) is 17.5 Å². The van der Waals surface area contributed by atoms with Crippen LogP contribution in [0.4, 0.5) is 4.79 Å². The van der Waals surface area contributed by atoms with Crippen LogP contribution in [-0.4, -0.2) is 50.2 Å². The van der Waals surface area contributed by atoms with Crippen LogP contribution in [0, 0.1) is 25.7 Å². The highest BCUT2D eigenvalue weighted by Crippen LogP contribution is 2.47. The minimum Gasteiger partial charge on any atom is -0.474 e. The van der Waals surface area contributed by atoms with Crippen molar-refractivity contribution in [1.29, 1.82) is 0 Å². The molecular weight excluding hydrogens is 432 g/mol. The third-order valence-electron chi connectivity index (χ3n) is 7.75. The molecular formula is C26H32N4O4. The summed E-state index contributed by atoms with van der Waals surface area (Å²) in [5.74, 6) is 2.87. The van der Waals surface area contributed by atoms with Gasteiger partial charge in [-0.05, 0) is 76.3 Å². The second kappa shape index (κ2) is 8.71. The van der Waals surface area contributed by atoms with Crippen LogP contribution in [-0.2, 0) is 4.74 Å². The molecule has 2 atom stereocenters. The van der Waals surface area contributed by atoms with E-state index in [0.29, 0.717) is 29.3 Å². The van der Waals surface area contributed by atoms with Crippen LogP contribution >= 0.6 is 0 Å². The molecule has 0 aromatic carbocycles. The number of carbonyl (C=O) groups is 1. The van der Waals surface area contributed by atoms with Crippen molar-refractivity contribution < 1.29 is 19.0 Å². The van der Waals surface area contributed by atoms with Crippen LogP contribution in [0.3, 0.4) is 0 Å². The van der Waals surface area contributed by atoms with Crippen LogP contribution in [0.25, 0.3) is 0 Å². The second-order valence-corrected chi connectivity index (χ2v) is 10.3. The third-order valence-corrected chi connectivity index (χ3v) is 7.75. The number of ether oxygens (including phenoxy) is 3. The molecule has 180 valence electrons. The molecule has 2 aliphatic carbocycles.